The Bertz CT molecular complexity index is 388. The first kappa shape index (κ1) is 13.2. The molecule has 1 rings (SSSR count). The Hall–Kier alpha value is -0.870. The molecule has 0 heterocycles. The van der Waals surface area contributed by atoms with Gasteiger partial charge in [-0.1, -0.05) is 22.0 Å². The summed E-state index contributed by atoms with van der Waals surface area (Å²) in [5.41, 5.74) is 2.55. The molecule has 3 nitrogen and oxygen atoms in total. The van der Waals surface area contributed by atoms with E-state index in [0.29, 0.717) is 23.2 Å². The van der Waals surface area contributed by atoms with Gasteiger partial charge in [0, 0.05) is 7.11 Å². The Kier molecular flexibility index (Phi) is 4.96. The summed E-state index contributed by atoms with van der Waals surface area (Å²) in [5.74, 6) is 0.634. The third kappa shape index (κ3) is 2.83. The normalized spacial score (nSPS) is 10.2. The van der Waals surface area contributed by atoms with Gasteiger partial charge in [-0.3, -0.25) is 4.79 Å². The second-order valence-corrected chi connectivity index (χ2v) is 4.04. The van der Waals surface area contributed by atoms with E-state index < -0.39 is 0 Å². The average Bonchev–Trinajstić information content (AvgIpc) is 2.27. The summed E-state index contributed by atoms with van der Waals surface area (Å²) in [4.78, 5) is 11.7. The van der Waals surface area contributed by atoms with E-state index in [2.05, 4.69) is 15.9 Å². The summed E-state index contributed by atoms with van der Waals surface area (Å²) in [6, 6.07) is 3.79. The minimum absolute atomic E-state index is 0.0262. The topological polar surface area (TPSA) is 35.5 Å². The Morgan fingerprint density at radius 1 is 1.38 bits per heavy atom. The minimum atomic E-state index is 0.0262. The van der Waals surface area contributed by atoms with Crippen molar-refractivity contribution in [2.45, 2.75) is 13.5 Å². The van der Waals surface area contributed by atoms with Gasteiger partial charge in [0.25, 0.3) is 0 Å². The molecule has 88 valence electrons. The molecule has 4 heteroatoms. The van der Waals surface area contributed by atoms with Crippen molar-refractivity contribution in [3.05, 3.63) is 28.8 Å². The molecule has 0 unspecified atom stereocenters. The van der Waals surface area contributed by atoms with Gasteiger partial charge in [0.15, 0.2) is 5.78 Å². The van der Waals surface area contributed by atoms with Crippen molar-refractivity contribution in [1.82, 2.24) is 0 Å². The number of benzene rings is 1. The van der Waals surface area contributed by atoms with E-state index in [1.54, 1.807) is 14.2 Å². The van der Waals surface area contributed by atoms with Crippen molar-refractivity contribution in [3.8, 4) is 5.75 Å². The van der Waals surface area contributed by atoms with Gasteiger partial charge in [0.1, 0.15) is 5.75 Å². The second kappa shape index (κ2) is 6.01. The SMILES string of the molecule is COCc1cc(C)c(C(=O)CBr)c(OC)c1. The van der Waals surface area contributed by atoms with Gasteiger partial charge in [0.05, 0.1) is 24.6 Å². The van der Waals surface area contributed by atoms with Crippen LogP contribution in [0.1, 0.15) is 21.5 Å². The molecule has 16 heavy (non-hydrogen) atoms. The lowest BCUT2D eigenvalue weighted by molar-refractivity contribution is 0.102. The molecule has 0 aliphatic carbocycles. The van der Waals surface area contributed by atoms with Gasteiger partial charge in [-0.05, 0) is 24.1 Å². The molecule has 0 aliphatic rings. The van der Waals surface area contributed by atoms with Gasteiger partial charge in [0.2, 0.25) is 0 Å². The third-order valence-corrected chi connectivity index (χ3v) is 2.80. The molecule has 0 amide bonds. The lowest BCUT2D eigenvalue weighted by atomic mass is 10.0. The molecule has 1 aromatic rings. The molecule has 0 fully saturated rings. The summed E-state index contributed by atoms with van der Waals surface area (Å²) < 4.78 is 10.3. The molecule has 0 bridgehead atoms. The molecule has 1 aromatic carbocycles. The maximum Gasteiger partial charge on any atom is 0.177 e. The fraction of sp³-hybridized carbons (Fsp3) is 0.417. The van der Waals surface area contributed by atoms with Gasteiger partial charge in [-0.2, -0.15) is 0 Å². The molecular weight excluding hydrogens is 272 g/mol. The summed E-state index contributed by atoms with van der Waals surface area (Å²) in [7, 11) is 3.20. The number of carbonyl (C=O) groups excluding carboxylic acids is 1. The van der Waals surface area contributed by atoms with Crippen molar-refractivity contribution < 1.29 is 14.3 Å². The zero-order chi connectivity index (χ0) is 12.1. The molecule has 0 aliphatic heterocycles. The van der Waals surface area contributed by atoms with Crippen LogP contribution < -0.4 is 4.74 Å². The zero-order valence-corrected chi connectivity index (χ0v) is 11.3. The number of ether oxygens (including phenoxy) is 2. The van der Waals surface area contributed by atoms with Gasteiger partial charge in [-0.15, -0.1) is 0 Å². The maximum atomic E-state index is 11.7. The number of halogens is 1. The van der Waals surface area contributed by atoms with Gasteiger partial charge >= 0.3 is 0 Å². The highest BCUT2D eigenvalue weighted by Gasteiger charge is 2.15. The molecule has 0 saturated carbocycles. The van der Waals surface area contributed by atoms with Crippen LogP contribution in [0.15, 0.2) is 12.1 Å². The Morgan fingerprint density at radius 2 is 2.06 bits per heavy atom. The smallest absolute Gasteiger partial charge is 0.177 e. The van der Waals surface area contributed by atoms with Gasteiger partial charge in [-0.25, -0.2) is 0 Å². The fourth-order valence-electron chi connectivity index (χ4n) is 1.66. The van der Waals surface area contributed by atoms with Crippen LogP contribution in [0.25, 0.3) is 0 Å². The molecule has 0 saturated heterocycles. The maximum absolute atomic E-state index is 11.7. The second-order valence-electron chi connectivity index (χ2n) is 3.48. The molecule has 0 radical (unpaired) electrons. The molecule has 0 aromatic heterocycles. The van der Waals surface area contributed by atoms with Crippen LogP contribution in [0.5, 0.6) is 5.75 Å². The van der Waals surface area contributed by atoms with E-state index in [1.165, 1.54) is 0 Å². The number of aryl methyl sites for hydroxylation is 1. The first-order valence-electron chi connectivity index (χ1n) is 4.89. The van der Waals surface area contributed by atoms with Gasteiger partial charge < -0.3 is 9.47 Å². The largest absolute Gasteiger partial charge is 0.496 e. The van der Waals surface area contributed by atoms with E-state index in [9.17, 15) is 4.79 Å². The number of hydrogen-bond donors (Lipinski definition) is 0. The lowest BCUT2D eigenvalue weighted by Crippen LogP contribution is -2.07. The first-order chi connectivity index (χ1) is 7.63. The number of hydrogen-bond acceptors (Lipinski definition) is 3. The highest BCUT2D eigenvalue weighted by molar-refractivity contribution is 9.09. The lowest BCUT2D eigenvalue weighted by Gasteiger charge is -2.12. The van der Waals surface area contributed by atoms with Crippen molar-refractivity contribution in [2.75, 3.05) is 19.5 Å². The molecule has 0 atom stereocenters. The highest BCUT2D eigenvalue weighted by Crippen LogP contribution is 2.25. The molecular formula is C12H15BrO3. The van der Waals surface area contributed by atoms with Crippen LogP contribution in [0, 0.1) is 6.92 Å². The van der Waals surface area contributed by atoms with Crippen LogP contribution in [-0.2, 0) is 11.3 Å². The van der Waals surface area contributed by atoms with Crippen molar-refractivity contribution in [3.63, 3.8) is 0 Å². The van der Waals surface area contributed by atoms with Crippen LogP contribution in [0.3, 0.4) is 0 Å². The summed E-state index contributed by atoms with van der Waals surface area (Å²) >= 11 is 3.17. The summed E-state index contributed by atoms with van der Waals surface area (Å²) in [5, 5.41) is 0.299. The van der Waals surface area contributed by atoms with E-state index in [0.717, 1.165) is 11.1 Å². The summed E-state index contributed by atoms with van der Waals surface area (Å²) in [6.07, 6.45) is 0. The molecule has 0 spiro atoms. The minimum Gasteiger partial charge on any atom is -0.496 e. The first-order valence-corrected chi connectivity index (χ1v) is 6.01. The van der Waals surface area contributed by atoms with Crippen molar-refractivity contribution >= 4 is 21.7 Å². The predicted molar refractivity (Wildman–Crippen MR) is 66.6 cm³/mol. The number of methoxy groups -OCH3 is 2. The average molecular weight is 287 g/mol. The monoisotopic (exact) mass is 286 g/mol. The van der Waals surface area contributed by atoms with E-state index >= 15 is 0 Å². The predicted octanol–water partition coefficient (Wildman–Crippen LogP) is 2.73. The highest BCUT2D eigenvalue weighted by atomic mass is 79.9. The Balaban J connectivity index is 3.22. The number of ketones is 1. The molecule has 0 N–H and O–H groups in total. The quantitative estimate of drug-likeness (QED) is 0.617. The van der Waals surface area contributed by atoms with E-state index in [4.69, 9.17) is 9.47 Å². The van der Waals surface area contributed by atoms with Crippen molar-refractivity contribution in [2.24, 2.45) is 0 Å². The third-order valence-electron chi connectivity index (χ3n) is 2.29. The summed E-state index contributed by atoms with van der Waals surface area (Å²) in [6.45, 7) is 2.41. The zero-order valence-electron chi connectivity index (χ0n) is 9.67. The van der Waals surface area contributed by atoms with Crippen LogP contribution >= 0.6 is 15.9 Å². The number of alkyl halides is 1. The van der Waals surface area contributed by atoms with Crippen molar-refractivity contribution in [1.29, 1.82) is 0 Å². The van der Waals surface area contributed by atoms with Crippen LogP contribution in [-0.4, -0.2) is 25.3 Å². The Labute approximate surface area is 104 Å². The number of Topliss-reactive ketones (excluding diaryl/α,β-unsaturated/α-hetero) is 1. The number of carbonyl (C=O) groups is 1. The Morgan fingerprint density at radius 3 is 2.56 bits per heavy atom. The van der Waals surface area contributed by atoms with E-state index in [1.807, 2.05) is 19.1 Å². The fourth-order valence-corrected chi connectivity index (χ4v) is 1.94. The number of rotatable bonds is 5. The standard InChI is InChI=1S/C12H15BrO3/c1-8-4-9(7-15-2)5-11(16-3)12(8)10(14)6-13/h4-5H,6-7H2,1-3H3. The van der Waals surface area contributed by atoms with E-state index in [-0.39, 0.29) is 5.78 Å². The van der Waals surface area contributed by atoms with Crippen LogP contribution in [0.2, 0.25) is 0 Å². The van der Waals surface area contributed by atoms with Crippen LogP contribution in [0.4, 0.5) is 0 Å².